The predicted molar refractivity (Wildman–Crippen MR) is 57.1 cm³/mol. The van der Waals surface area contributed by atoms with Crippen LogP contribution in [0.25, 0.3) is 0 Å². The maximum atomic E-state index is 11.3. The zero-order valence-corrected chi connectivity index (χ0v) is 9.48. The van der Waals surface area contributed by atoms with Crippen LogP contribution in [-0.4, -0.2) is 29.8 Å². The smallest absolute Gasteiger partial charge is 0.336 e. The SMILES string of the molecule is CC1CC(C)CC(OC(=O)[C@@H](O)CN)C1. The number of hydrogen-bond donors (Lipinski definition) is 2. The third-order valence-corrected chi connectivity index (χ3v) is 2.91. The van der Waals surface area contributed by atoms with E-state index in [2.05, 4.69) is 13.8 Å². The molecule has 0 aromatic heterocycles. The normalized spacial score (nSPS) is 33.5. The highest BCUT2D eigenvalue weighted by Crippen LogP contribution is 2.30. The van der Waals surface area contributed by atoms with Crippen molar-refractivity contribution in [2.45, 2.75) is 45.3 Å². The zero-order chi connectivity index (χ0) is 11.4. The summed E-state index contributed by atoms with van der Waals surface area (Å²) in [6, 6.07) is 0. The molecule has 0 aromatic carbocycles. The number of nitrogens with two attached hydrogens (primary N) is 1. The molecule has 1 aliphatic rings. The van der Waals surface area contributed by atoms with Crippen LogP contribution in [0.3, 0.4) is 0 Å². The Balaban J connectivity index is 2.40. The van der Waals surface area contributed by atoms with Crippen molar-refractivity contribution in [3.63, 3.8) is 0 Å². The Morgan fingerprint density at radius 1 is 1.40 bits per heavy atom. The minimum atomic E-state index is -1.17. The third-order valence-electron chi connectivity index (χ3n) is 2.91. The van der Waals surface area contributed by atoms with Gasteiger partial charge in [-0.1, -0.05) is 13.8 Å². The molecule has 4 heteroatoms. The molecule has 0 aromatic rings. The summed E-state index contributed by atoms with van der Waals surface area (Å²) < 4.78 is 5.22. The number of carbonyl (C=O) groups is 1. The van der Waals surface area contributed by atoms with Crippen molar-refractivity contribution in [2.75, 3.05) is 6.54 Å². The highest BCUT2D eigenvalue weighted by atomic mass is 16.6. The fourth-order valence-electron chi connectivity index (χ4n) is 2.31. The molecular formula is C11H21NO3. The maximum Gasteiger partial charge on any atom is 0.336 e. The summed E-state index contributed by atoms with van der Waals surface area (Å²) in [5, 5.41) is 9.19. The summed E-state index contributed by atoms with van der Waals surface area (Å²) in [4.78, 5) is 11.3. The van der Waals surface area contributed by atoms with Crippen molar-refractivity contribution in [3.05, 3.63) is 0 Å². The summed E-state index contributed by atoms with van der Waals surface area (Å²) in [6.45, 7) is 4.25. The number of rotatable bonds is 3. The van der Waals surface area contributed by atoms with Gasteiger partial charge in [-0.3, -0.25) is 0 Å². The molecule has 1 saturated carbocycles. The fraction of sp³-hybridized carbons (Fsp3) is 0.909. The molecule has 0 aliphatic heterocycles. The van der Waals surface area contributed by atoms with Crippen molar-refractivity contribution in [2.24, 2.45) is 17.6 Å². The molecule has 15 heavy (non-hydrogen) atoms. The largest absolute Gasteiger partial charge is 0.460 e. The second kappa shape index (κ2) is 5.47. The van der Waals surface area contributed by atoms with E-state index in [9.17, 15) is 9.90 Å². The predicted octanol–water partition coefficient (Wildman–Crippen LogP) is 0.674. The maximum absolute atomic E-state index is 11.3. The molecule has 4 nitrogen and oxygen atoms in total. The minimum Gasteiger partial charge on any atom is -0.460 e. The van der Waals surface area contributed by atoms with Crippen molar-refractivity contribution in [1.82, 2.24) is 0 Å². The molecule has 2 unspecified atom stereocenters. The molecule has 88 valence electrons. The fourth-order valence-corrected chi connectivity index (χ4v) is 2.31. The van der Waals surface area contributed by atoms with E-state index in [0.717, 1.165) is 12.8 Å². The number of aliphatic hydroxyl groups excluding tert-OH is 1. The summed E-state index contributed by atoms with van der Waals surface area (Å²) in [7, 11) is 0. The van der Waals surface area contributed by atoms with E-state index in [0.29, 0.717) is 11.8 Å². The number of ether oxygens (including phenoxy) is 1. The molecular weight excluding hydrogens is 194 g/mol. The zero-order valence-electron chi connectivity index (χ0n) is 9.48. The molecule has 1 fully saturated rings. The summed E-state index contributed by atoms with van der Waals surface area (Å²) in [5.74, 6) is 0.590. The van der Waals surface area contributed by atoms with Crippen LogP contribution in [-0.2, 0) is 9.53 Å². The highest BCUT2D eigenvalue weighted by molar-refractivity contribution is 5.74. The first kappa shape index (κ1) is 12.5. The Morgan fingerprint density at radius 3 is 2.40 bits per heavy atom. The van der Waals surface area contributed by atoms with E-state index in [1.165, 1.54) is 6.42 Å². The van der Waals surface area contributed by atoms with E-state index in [4.69, 9.17) is 10.5 Å². The Hall–Kier alpha value is -0.610. The van der Waals surface area contributed by atoms with Gasteiger partial charge in [0.05, 0.1) is 0 Å². The Kier molecular flexibility index (Phi) is 4.54. The first-order chi connectivity index (χ1) is 7.02. The van der Waals surface area contributed by atoms with Crippen LogP contribution in [0.5, 0.6) is 0 Å². The average molecular weight is 215 g/mol. The van der Waals surface area contributed by atoms with Gasteiger partial charge in [0.2, 0.25) is 0 Å². The van der Waals surface area contributed by atoms with E-state index in [1.54, 1.807) is 0 Å². The summed E-state index contributed by atoms with van der Waals surface area (Å²) in [6.07, 6.45) is 1.77. The molecule has 1 aliphatic carbocycles. The van der Waals surface area contributed by atoms with Crippen LogP contribution in [0, 0.1) is 11.8 Å². The van der Waals surface area contributed by atoms with Gasteiger partial charge >= 0.3 is 5.97 Å². The van der Waals surface area contributed by atoms with Gasteiger partial charge in [0, 0.05) is 6.54 Å². The second-order valence-electron chi connectivity index (χ2n) is 4.73. The van der Waals surface area contributed by atoms with E-state index < -0.39 is 12.1 Å². The van der Waals surface area contributed by atoms with Gasteiger partial charge in [-0.25, -0.2) is 4.79 Å². The van der Waals surface area contributed by atoms with E-state index in [1.807, 2.05) is 0 Å². The lowest BCUT2D eigenvalue weighted by atomic mass is 9.82. The minimum absolute atomic E-state index is 0.0440. The molecule has 3 atom stereocenters. The molecule has 0 bridgehead atoms. The van der Waals surface area contributed by atoms with Gasteiger partial charge in [0.15, 0.2) is 6.10 Å². The lowest BCUT2D eigenvalue weighted by Crippen LogP contribution is -2.36. The lowest BCUT2D eigenvalue weighted by Gasteiger charge is -2.31. The van der Waals surface area contributed by atoms with Gasteiger partial charge in [-0.2, -0.15) is 0 Å². The van der Waals surface area contributed by atoms with Gasteiger partial charge in [-0.15, -0.1) is 0 Å². The van der Waals surface area contributed by atoms with Gasteiger partial charge in [0.25, 0.3) is 0 Å². The molecule has 1 rings (SSSR count). The summed E-state index contributed by atoms with van der Waals surface area (Å²) >= 11 is 0. The van der Waals surface area contributed by atoms with Crippen molar-refractivity contribution in [1.29, 1.82) is 0 Å². The standard InChI is InChI=1S/C11H21NO3/c1-7-3-8(2)5-9(4-7)15-11(14)10(13)6-12/h7-10,13H,3-6,12H2,1-2H3/t7?,8?,9?,10-/m0/s1. The molecule has 0 spiro atoms. The lowest BCUT2D eigenvalue weighted by molar-refractivity contribution is -0.161. The van der Waals surface area contributed by atoms with Gasteiger partial charge < -0.3 is 15.6 Å². The Labute approximate surface area is 90.8 Å². The van der Waals surface area contributed by atoms with Crippen LogP contribution < -0.4 is 5.73 Å². The van der Waals surface area contributed by atoms with Crippen molar-refractivity contribution in [3.8, 4) is 0 Å². The van der Waals surface area contributed by atoms with Crippen LogP contribution in [0.1, 0.15) is 33.1 Å². The van der Waals surface area contributed by atoms with Crippen molar-refractivity contribution >= 4 is 5.97 Å². The average Bonchev–Trinajstić information content (AvgIpc) is 2.14. The number of hydrogen-bond acceptors (Lipinski definition) is 4. The molecule has 0 heterocycles. The Bertz CT molecular complexity index is 210. The monoisotopic (exact) mass is 215 g/mol. The number of esters is 1. The Morgan fingerprint density at radius 2 is 1.93 bits per heavy atom. The topological polar surface area (TPSA) is 72.5 Å². The highest BCUT2D eigenvalue weighted by Gasteiger charge is 2.28. The van der Waals surface area contributed by atoms with E-state index >= 15 is 0 Å². The van der Waals surface area contributed by atoms with Crippen LogP contribution in [0.4, 0.5) is 0 Å². The number of aliphatic hydroxyl groups is 1. The van der Waals surface area contributed by atoms with Crippen molar-refractivity contribution < 1.29 is 14.6 Å². The summed E-state index contributed by atoms with van der Waals surface area (Å²) in [5.41, 5.74) is 5.18. The van der Waals surface area contributed by atoms with Gasteiger partial charge in [-0.05, 0) is 31.1 Å². The molecule has 0 saturated heterocycles. The molecule has 3 N–H and O–H groups in total. The second-order valence-corrected chi connectivity index (χ2v) is 4.73. The van der Waals surface area contributed by atoms with E-state index in [-0.39, 0.29) is 12.6 Å². The molecule has 0 amide bonds. The quantitative estimate of drug-likeness (QED) is 0.679. The first-order valence-corrected chi connectivity index (χ1v) is 5.61. The first-order valence-electron chi connectivity index (χ1n) is 5.61. The van der Waals surface area contributed by atoms with Crippen LogP contribution in [0.2, 0.25) is 0 Å². The van der Waals surface area contributed by atoms with Gasteiger partial charge in [0.1, 0.15) is 6.10 Å². The van der Waals surface area contributed by atoms with Crippen LogP contribution in [0.15, 0.2) is 0 Å². The number of carbonyl (C=O) groups excluding carboxylic acids is 1. The molecule has 0 radical (unpaired) electrons. The third kappa shape index (κ3) is 3.80. The van der Waals surface area contributed by atoms with Crippen LogP contribution >= 0.6 is 0 Å².